The summed E-state index contributed by atoms with van der Waals surface area (Å²) in [6.45, 7) is 3.15. The molecule has 0 aliphatic rings. The van der Waals surface area contributed by atoms with Gasteiger partial charge < -0.3 is 10.4 Å². The van der Waals surface area contributed by atoms with Crippen molar-refractivity contribution < 1.29 is 23.1 Å². The smallest absolute Gasteiger partial charge is 0.416 e. The van der Waals surface area contributed by atoms with Crippen LogP contribution in [0.3, 0.4) is 0 Å². The first-order valence-electron chi connectivity index (χ1n) is 4.92. The second-order valence-electron chi connectivity index (χ2n) is 4.16. The third kappa shape index (κ3) is 3.63. The molecule has 3 nitrogen and oxygen atoms in total. The Morgan fingerprint density at radius 1 is 1.33 bits per heavy atom. The SMILES string of the molecule is CC(C)(Br)C(=O)Nc1ccc(C(F)(F)F)cc1O. The molecule has 0 atom stereocenters. The summed E-state index contributed by atoms with van der Waals surface area (Å²) in [6.07, 6.45) is -4.53. The number of hydrogen-bond acceptors (Lipinski definition) is 2. The van der Waals surface area contributed by atoms with E-state index in [1.54, 1.807) is 13.8 Å². The molecular formula is C11H11BrF3NO2. The highest BCUT2D eigenvalue weighted by Gasteiger charge is 2.31. The zero-order valence-electron chi connectivity index (χ0n) is 9.60. The van der Waals surface area contributed by atoms with Crippen molar-refractivity contribution in [1.29, 1.82) is 0 Å². The molecule has 100 valence electrons. The van der Waals surface area contributed by atoms with Gasteiger partial charge in [-0.3, -0.25) is 4.79 Å². The van der Waals surface area contributed by atoms with E-state index in [-0.39, 0.29) is 5.69 Å². The number of phenolic OH excluding ortho intramolecular Hbond substituents is 1. The van der Waals surface area contributed by atoms with Gasteiger partial charge in [-0.2, -0.15) is 13.2 Å². The Morgan fingerprint density at radius 3 is 2.28 bits per heavy atom. The van der Waals surface area contributed by atoms with Crippen molar-refractivity contribution >= 4 is 27.5 Å². The van der Waals surface area contributed by atoms with Gasteiger partial charge in [0.2, 0.25) is 5.91 Å². The first-order chi connectivity index (χ1) is 8.01. The van der Waals surface area contributed by atoms with Gasteiger partial charge in [-0.1, -0.05) is 15.9 Å². The number of carbonyl (C=O) groups is 1. The zero-order chi connectivity index (χ0) is 14.1. The molecule has 0 aliphatic carbocycles. The number of nitrogens with one attached hydrogen (secondary N) is 1. The number of rotatable bonds is 2. The van der Waals surface area contributed by atoms with E-state index in [1.165, 1.54) is 0 Å². The highest BCUT2D eigenvalue weighted by atomic mass is 79.9. The van der Waals surface area contributed by atoms with Crippen molar-refractivity contribution in [2.75, 3.05) is 5.32 Å². The predicted molar refractivity (Wildman–Crippen MR) is 64.7 cm³/mol. The molecule has 18 heavy (non-hydrogen) atoms. The van der Waals surface area contributed by atoms with Gasteiger partial charge in [-0.05, 0) is 32.0 Å². The highest BCUT2D eigenvalue weighted by Crippen LogP contribution is 2.35. The molecule has 7 heteroatoms. The van der Waals surface area contributed by atoms with Gasteiger partial charge in [0.05, 0.1) is 15.6 Å². The molecule has 1 aromatic carbocycles. The van der Waals surface area contributed by atoms with E-state index in [0.29, 0.717) is 6.07 Å². The maximum atomic E-state index is 12.3. The van der Waals surface area contributed by atoms with Crippen molar-refractivity contribution in [2.24, 2.45) is 0 Å². The number of amides is 1. The average Bonchev–Trinajstić information content (AvgIpc) is 2.17. The minimum Gasteiger partial charge on any atom is -0.506 e. The minimum absolute atomic E-state index is 0.0690. The number of alkyl halides is 4. The van der Waals surface area contributed by atoms with Gasteiger partial charge in [0.15, 0.2) is 0 Å². The van der Waals surface area contributed by atoms with E-state index in [1.807, 2.05) is 0 Å². The summed E-state index contributed by atoms with van der Waals surface area (Å²) in [5, 5.41) is 11.8. The molecule has 0 fully saturated rings. The van der Waals surface area contributed by atoms with Crippen LogP contribution < -0.4 is 5.32 Å². The standard InChI is InChI=1S/C11H11BrF3NO2/c1-10(2,12)9(18)16-7-4-3-6(5-8(7)17)11(13,14)15/h3-5,17H,1-2H3,(H,16,18). The van der Waals surface area contributed by atoms with Crippen molar-refractivity contribution in [3.8, 4) is 5.75 Å². The van der Waals surface area contributed by atoms with Crippen LogP contribution in [0.4, 0.5) is 18.9 Å². The van der Waals surface area contributed by atoms with E-state index in [2.05, 4.69) is 21.2 Å². The fourth-order valence-electron chi connectivity index (χ4n) is 1.08. The van der Waals surface area contributed by atoms with Gasteiger partial charge in [-0.15, -0.1) is 0 Å². The van der Waals surface area contributed by atoms with Crippen LogP contribution in [0.5, 0.6) is 5.75 Å². The monoisotopic (exact) mass is 325 g/mol. The van der Waals surface area contributed by atoms with Gasteiger partial charge in [-0.25, -0.2) is 0 Å². The summed E-state index contributed by atoms with van der Waals surface area (Å²) >= 11 is 3.10. The quantitative estimate of drug-likeness (QED) is 0.645. The molecule has 0 saturated carbocycles. The molecule has 1 aromatic rings. The molecule has 1 amide bonds. The van der Waals surface area contributed by atoms with Crippen molar-refractivity contribution in [2.45, 2.75) is 24.3 Å². The van der Waals surface area contributed by atoms with E-state index in [4.69, 9.17) is 0 Å². The van der Waals surface area contributed by atoms with E-state index in [0.717, 1.165) is 12.1 Å². The Morgan fingerprint density at radius 2 is 1.89 bits per heavy atom. The molecule has 0 aromatic heterocycles. The Bertz CT molecular complexity index is 466. The lowest BCUT2D eigenvalue weighted by Gasteiger charge is -2.17. The molecule has 0 aliphatic heterocycles. The number of halogens is 4. The van der Waals surface area contributed by atoms with Crippen LogP contribution in [-0.2, 0) is 11.0 Å². The van der Waals surface area contributed by atoms with Crippen LogP contribution in [0.1, 0.15) is 19.4 Å². The lowest BCUT2D eigenvalue weighted by atomic mass is 10.1. The first kappa shape index (κ1) is 14.8. The number of benzene rings is 1. The third-order valence-electron chi connectivity index (χ3n) is 2.11. The molecular weight excluding hydrogens is 315 g/mol. The Balaban J connectivity index is 2.98. The van der Waals surface area contributed by atoms with E-state index >= 15 is 0 Å². The predicted octanol–water partition coefficient (Wildman–Crippen LogP) is 3.52. The lowest BCUT2D eigenvalue weighted by Crippen LogP contribution is -2.31. The molecule has 2 N–H and O–H groups in total. The zero-order valence-corrected chi connectivity index (χ0v) is 11.2. The second kappa shape index (κ2) is 4.79. The molecule has 1 rings (SSSR count). The number of hydrogen-bond donors (Lipinski definition) is 2. The molecule has 0 spiro atoms. The summed E-state index contributed by atoms with van der Waals surface area (Å²) in [7, 11) is 0. The lowest BCUT2D eigenvalue weighted by molar-refractivity contribution is -0.137. The molecule has 0 unspecified atom stereocenters. The van der Waals surface area contributed by atoms with Crippen LogP contribution in [0.15, 0.2) is 18.2 Å². The summed E-state index contributed by atoms with van der Waals surface area (Å²) in [6, 6.07) is 2.36. The number of carbonyl (C=O) groups excluding carboxylic acids is 1. The summed E-state index contributed by atoms with van der Waals surface area (Å²) in [4.78, 5) is 11.6. The molecule has 0 radical (unpaired) electrons. The fraction of sp³-hybridized carbons (Fsp3) is 0.364. The van der Waals surface area contributed by atoms with Crippen molar-refractivity contribution in [3.05, 3.63) is 23.8 Å². The summed E-state index contributed by atoms with van der Waals surface area (Å²) < 4.78 is 36.1. The van der Waals surface area contributed by atoms with Gasteiger partial charge in [0.1, 0.15) is 5.75 Å². The third-order valence-corrected chi connectivity index (χ3v) is 2.47. The van der Waals surface area contributed by atoms with Gasteiger partial charge >= 0.3 is 6.18 Å². The number of aromatic hydroxyl groups is 1. The Kier molecular flexibility index (Phi) is 3.95. The topological polar surface area (TPSA) is 49.3 Å². The maximum Gasteiger partial charge on any atom is 0.416 e. The number of anilines is 1. The van der Waals surface area contributed by atoms with E-state index < -0.39 is 27.7 Å². The Hall–Kier alpha value is -1.24. The summed E-state index contributed by atoms with van der Waals surface area (Å²) in [5.74, 6) is -1.10. The largest absolute Gasteiger partial charge is 0.506 e. The van der Waals surface area contributed by atoms with Crippen LogP contribution in [0.2, 0.25) is 0 Å². The first-order valence-corrected chi connectivity index (χ1v) is 5.71. The van der Waals surface area contributed by atoms with Crippen LogP contribution in [-0.4, -0.2) is 15.3 Å². The Labute approximate surface area is 110 Å². The average molecular weight is 326 g/mol. The van der Waals surface area contributed by atoms with Gasteiger partial charge in [0, 0.05) is 0 Å². The second-order valence-corrected chi connectivity index (χ2v) is 6.14. The van der Waals surface area contributed by atoms with E-state index in [9.17, 15) is 23.1 Å². The summed E-state index contributed by atoms with van der Waals surface area (Å²) in [5.41, 5.74) is -1.04. The molecule has 0 bridgehead atoms. The minimum atomic E-state index is -4.53. The molecule has 0 heterocycles. The highest BCUT2D eigenvalue weighted by molar-refractivity contribution is 9.10. The van der Waals surface area contributed by atoms with Crippen molar-refractivity contribution in [3.63, 3.8) is 0 Å². The van der Waals surface area contributed by atoms with Gasteiger partial charge in [0.25, 0.3) is 0 Å². The van der Waals surface area contributed by atoms with Crippen LogP contribution in [0, 0.1) is 0 Å². The maximum absolute atomic E-state index is 12.3. The molecule has 0 saturated heterocycles. The van der Waals surface area contributed by atoms with Crippen molar-refractivity contribution in [1.82, 2.24) is 0 Å². The fourth-order valence-corrected chi connectivity index (χ4v) is 1.18. The normalized spacial score (nSPS) is 12.3. The van der Waals surface area contributed by atoms with Crippen LogP contribution >= 0.6 is 15.9 Å². The number of phenols is 1. The van der Waals surface area contributed by atoms with Crippen LogP contribution in [0.25, 0.3) is 0 Å².